The molecule has 2 aliphatic rings. The van der Waals surface area contributed by atoms with Crippen LogP contribution in [0.15, 0.2) is 23.5 Å². The molecule has 1 saturated heterocycles. The molecule has 1 aromatic rings. The van der Waals surface area contributed by atoms with Crippen molar-refractivity contribution in [3.8, 4) is 0 Å². The highest BCUT2D eigenvalue weighted by atomic mass is 16.5. The zero-order chi connectivity index (χ0) is 13.9. The van der Waals surface area contributed by atoms with Gasteiger partial charge >= 0.3 is 0 Å². The summed E-state index contributed by atoms with van der Waals surface area (Å²) in [4.78, 5) is 6.80. The molecule has 20 heavy (non-hydrogen) atoms. The highest BCUT2D eigenvalue weighted by Gasteiger charge is 2.34. The molecule has 2 fully saturated rings. The number of aromatic nitrogens is 1. The van der Waals surface area contributed by atoms with Gasteiger partial charge < -0.3 is 20.6 Å². The van der Waals surface area contributed by atoms with Crippen molar-refractivity contribution in [1.82, 2.24) is 4.98 Å². The Balaban J connectivity index is 1.80. The summed E-state index contributed by atoms with van der Waals surface area (Å²) in [6.45, 7) is 1.63. The molecule has 0 amide bonds. The first-order chi connectivity index (χ1) is 9.79. The van der Waals surface area contributed by atoms with Crippen LogP contribution in [0.5, 0.6) is 0 Å². The molecular formula is C14H20N4O2. The highest BCUT2D eigenvalue weighted by Crippen LogP contribution is 2.31. The maximum Gasteiger partial charge on any atom is 0.171 e. The van der Waals surface area contributed by atoms with E-state index in [9.17, 15) is 0 Å². The van der Waals surface area contributed by atoms with E-state index >= 15 is 0 Å². The molecule has 2 heterocycles. The van der Waals surface area contributed by atoms with Crippen molar-refractivity contribution in [2.45, 2.75) is 37.8 Å². The molecule has 1 aliphatic heterocycles. The van der Waals surface area contributed by atoms with Crippen LogP contribution in [0.2, 0.25) is 0 Å². The number of ether oxygens (including phenoxy) is 1. The second-order valence-corrected chi connectivity index (χ2v) is 5.34. The number of nitrogens with zero attached hydrogens (tertiary/aromatic N) is 3. The lowest BCUT2D eigenvalue weighted by Crippen LogP contribution is -2.53. The molecule has 1 saturated carbocycles. The minimum absolute atomic E-state index is 0.0848. The van der Waals surface area contributed by atoms with E-state index in [0.717, 1.165) is 31.8 Å². The second kappa shape index (κ2) is 5.66. The number of fused-ring (bicyclic) bond motifs is 1. The van der Waals surface area contributed by atoms with E-state index in [1.54, 1.807) is 6.20 Å². The normalized spacial score (nSPS) is 27.2. The number of rotatable bonds is 2. The predicted octanol–water partition coefficient (Wildman–Crippen LogP) is 1.32. The Morgan fingerprint density at radius 3 is 3.00 bits per heavy atom. The van der Waals surface area contributed by atoms with Crippen molar-refractivity contribution >= 4 is 11.7 Å². The standard InChI is InChI=1S/C14H20N4O2/c15-14(17-19)10-5-6-13(16-9-10)18-7-8-20-12-4-2-1-3-11(12)18/h5-6,9,11-12,19H,1-4,7-8H2,(H2,15,17). The summed E-state index contributed by atoms with van der Waals surface area (Å²) in [5, 5.41) is 11.7. The number of oxime groups is 1. The number of morpholine rings is 1. The zero-order valence-electron chi connectivity index (χ0n) is 11.4. The van der Waals surface area contributed by atoms with E-state index in [1.807, 2.05) is 12.1 Å². The molecule has 0 bridgehead atoms. The zero-order valence-corrected chi connectivity index (χ0v) is 11.4. The fourth-order valence-corrected chi connectivity index (χ4v) is 3.15. The summed E-state index contributed by atoms with van der Waals surface area (Å²) >= 11 is 0. The van der Waals surface area contributed by atoms with Crippen LogP contribution in [0.1, 0.15) is 31.2 Å². The van der Waals surface area contributed by atoms with Gasteiger partial charge in [0.25, 0.3) is 0 Å². The van der Waals surface area contributed by atoms with Crippen LogP contribution in [-0.2, 0) is 4.74 Å². The largest absolute Gasteiger partial charge is 0.409 e. The Morgan fingerprint density at radius 2 is 2.25 bits per heavy atom. The van der Waals surface area contributed by atoms with E-state index in [-0.39, 0.29) is 5.84 Å². The van der Waals surface area contributed by atoms with Gasteiger partial charge in [0.15, 0.2) is 5.84 Å². The Hall–Kier alpha value is -1.82. The topological polar surface area (TPSA) is 84.0 Å². The fourth-order valence-electron chi connectivity index (χ4n) is 3.15. The fraction of sp³-hybridized carbons (Fsp3) is 0.571. The van der Waals surface area contributed by atoms with Crippen molar-refractivity contribution in [3.63, 3.8) is 0 Å². The molecule has 3 rings (SSSR count). The third-order valence-corrected chi connectivity index (χ3v) is 4.18. The molecule has 0 radical (unpaired) electrons. The monoisotopic (exact) mass is 276 g/mol. The molecule has 6 heteroatoms. The van der Waals surface area contributed by atoms with Gasteiger partial charge in [-0.2, -0.15) is 0 Å². The first kappa shape index (κ1) is 13.2. The molecule has 0 aromatic carbocycles. The number of nitrogens with two attached hydrogens (primary N) is 1. The van der Waals surface area contributed by atoms with Crippen molar-refractivity contribution < 1.29 is 9.94 Å². The Bertz CT molecular complexity index is 486. The summed E-state index contributed by atoms with van der Waals surface area (Å²) in [5.41, 5.74) is 6.18. The van der Waals surface area contributed by atoms with Gasteiger partial charge in [0.05, 0.1) is 18.8 Å². The molecular weight excluding hydrogens is 256 g/mol. The maximum absolute atomic E-state index is 8.67. The van der Waals surface area contributed by atoms with Gasteiger partial charge in [-0.1, -0.05) is 18.0 Å². The van der Waals surface area contributed by atoms with E-state index in [1.165, 1.54) is 12.8 Å². The maximum atomic E-state index is 8.67. The molecule has 1 aromatic heterocycles. The van der Waals surface area contributed by atoms with E-state index in [0.29, 0.717) is 17.7 Å². The Morgan fingerprint density at radius 1 is 1.40 bits per heavy atom. The van der Waals surface area contributed by atoms with Gasteiger partial charge in [-0.3, -0.25) is 0 Å². The van der Waals surface area contributed by atoms with Crippen LogP contribution in [0, 0.1) is 0 Å². The third-order valence-electron chi connectivity index (χ3n) is 4.18. The Labute approximate surface area is 118 Å². The first-order valence-corrected chi connectivity index (χ1v) is 7.12. The smallest absolute Gasteiger partial charge is 0.171 e. The van der Waals surface area contributed by atoms with Crippen LogP contribution in [0.3, 0.4) is 0 Å². The van der Waals surface area contributed by atoms with Crippen LogP contribution < -0.4 is 10.6 Å². The van der Waals surface area contributed by atoms with Crippen molar-refractivity contribution in [2.24, 2.45) is 10.9 Å². The minimum atomic E-state index is 0.0848. The SMILES string of the molecule is NC(=NO)c1ccc(N2CCOC3CCCCC32)nc1. The average molecular weight is 276 g/mol. The average Bonchev–Trinajstić information content (AvgIpc) is 2.54. The van der Waals surface area contributed by atoms with Gasteiger partial charge in [0.1, 0.15) is 5.82 Å². The van der Waals surface area contributed by atoms with Gasteiger partial charge in [0, 0.05) is 18.3 Å². The van der Waals surface area contributed by atoms with Gasteiger partial charge in [0.2, 0.25) is 0 Å². The number of amidine groups is 1. The van der Waals surface area contributed by atoms with Gasteiger partial charge in [-0.05, 0) is 25.0 Å². The van der Waals surface area contributed by atoms with Gasteiger partial charge in [-0.25, -0.2) is 4.98 Å². The van der Waals surface area contributed by atoms with E-state index in [4.69, 9.17) is 15.7 Å². The number of pyridine rings is 1. The summed E-state index contributed by atoms with van der Waals surface area (Å²) in [7, 11) is 0. The highest BCUT2D eigenvalue weighted by molar-refractivity contribution is 5.96. The summed E-state index contributed by atoms with van der Waals surface area (Å²) in [6, 6.07) is 4.20. The molecule has 0 spiro atoms. The second-order valence-electron chi connectivity index (χ2n) is 5.34. The number of anilines is 1. The lowest BCUT2D eigenvalue weighted by atomic mass is 9.90. The lowest BCUT2D eigenvalue weighted by Gasteiger charge is -2.44. The Kier molecular flexibility index (Phi) is 3.73. The summed E-state index contributed by atoms with van der Waals surface area (Å²) < 4.78 is 5.87. The lowest BCUT2D eigenvalue weighted by molar-refractivity contribution is -0.00898. The molecule has 3 N–H and O–H groups in total. The molecule has 6 nitrogen and oxygen atoms in total. The van der Waals surface area contributed by atoms with Crippen LogP contribution >= 0.6 is 0 Å². The van der Waals surface area contributed by atoms with Crippen LogP contribution in [0.4, 0.5) is 5.82 Å². The quantitative estimate of drug-likeness (QED) is 0.368. The van der Waals surface area contributed by atoms with Crippen molar-refractivity contribution in [2.75, 3.05) is 18.1 Å². The van der Waals surface area contributed by atoms with Crippen molar-refractivity contribution in [3.05, 3.63) is 23.9 Å². The molecule has 2 atom stereocenters. The van der Waals surface area contributed by atoms with Crippen LogP contribution in [-0.4, -0.2) is 41.3 Å². The third kappa shape index (κ3) is 2.43. The van der Waals surface area contributed by atoms with Crippen molar-refractivity contribution in [1.29, 1.82) is 0 Å². The van der Waals surface area contributed by atoms with E-state index in [2.05, 4.69) is 15.0 Å². The molecule has 108 valence electrons. The molecule has 2 unspecified atom stereocenters. The van der Waals surface area contributed by atoms with Gasteiger partial charge in [-0.15, -0.1) is 0 Å². The molecule has 1 aliphatic carbocycles. The minimum Gasteiger partial charge on any atom is -0.409 e. The predicted molar refractivity (Wildman–Crippen MR) is 76.1 cm³/mol. The van der Waals surface area contributed by atoms with E-state index < -0.39 is 0 Å². The van der Waals surface area contributed by atoms with Crippen LogP contribution in [0.25, 0.3) is 0 Å². The number of hydrogen-bond donors (Lipinski definition) is 2. The number of hydrogen-bond acceptors (Lipinski definition) is 5. The summed E-state index contributed by atoms with van der Waals surface area (Å²) in [6.07, 6.45) is 6.80. The summed E-state index contributed by atoms with van der Waals surface area (Å²) in [5.74, 6) is 1.03. The first-order valence-electron chi connectivity index (χ1n) is 7.12.